The lowest BCUT2D eigenvalue weighted by atomic mass is 10.2. The minimum Gasteiger partial charge on any atom is -0.473 e. The second-order valence-electron chi connectivity index (χ2n) is 6.29. The van der Waals surface area contributed by atoms with Crippen LogP contribution in [-0.2, 0) is 9.53 Å². The zero-order valence-electron chi connectivity index (χ0n) is 13.6. The molecule has 1 saturated heterocycles. The topological polar surface area (TPSA) is 51.7 Å². The number of hydrogen-bond acceptors (Lipinski definition) is 5. The number of likely N-dealkylation sites (tertiary alicyclic amines) is 1. The van der Waals surface area contributed by atoms with Gasteiger partial charge in [-0.3, -0.25) is 4.79 Å². The van der Waals surface area contributed by atoms with Crippen LogP contribution < -0.4 is 4.74 Å². The Morgan fingerprint density at radius 1 is 1.38 bits per heavy atom. The maximum absolute atomic E-state index is 9.60. The van der Waals surface area contributed by atoms with Gasteiger partial charge in [-0.2, -0.15) is 0 Å². The van der Waals surface area contributed by atoms with Crippen LogP contribution in [0.2, 0.25) is 0 Å². The molecule has 0 aliphatic carbocycles. The molecule has 0 saturated carbocycles. The second-order valence-corrected chi connectivity index (χ2v) is 6.29. The number of pyridine rings is 1. The summed E-state index contributed by atoms with van der Waals surface area (Å²) < 4.78 is 10.3. The molecule has 1 aliphatic rings. The number of aromatic nitrogens is 1. The molecule has 2 heterocycles. The third-order valence-electron chi connectivity index (χ3n) is 2.92. The van der Waals surface area contributed by atoms with Crippen LogP contribution in [0.3, 0.4) is 0 Å². The van der Waals surface area contributed by atoms with Crippen LogP contribution in [0.15, 0.2) is 18.3 Å². The minimum absolute atomic E-state index is 0.315. The van der Waals surface area contributed by atoms with Gasteiger partial charge >= 0.3 is 0 Å². The Bertz CT molecular complexity index is 426. The molecule has 5 nitrogen and oxygen atoms in total. The van der Waals surface area contributed by atoms with Gasteiger partial charge in [-0.05, 0) is 46.7 Å². The lowest BCUT2D eigenvalue weighted by molar-refractivity contribution is -0.138. The first-order valence-corrected chi connectivity index (χ1v) is 7.19. The molecule has 2 rings (SSSR count). The number of nitrogens with zero attached hydrogens (tertiary/aromatic N) is 2. The summed E-state index contributed by atoms with van der Waals surface area (Å²) >= 11 is 0. The summed E-state index contributed by atoms with van der Waals surface area (Å²) in [5.41, 5.74) is 0.850. The van der Waals surface area contributed by atoms with Gasteiger partial charge in [-0.25, -0.2) is 4.98 Å². The Balaban J connectivity index is 0.000000270. The Morgan fingerprint density at radius 2 is 2.10 bits per heavy atom. The zero-order chi connectivity index (χ0) is 15.9. The van der Waals surface area contributed by atoms with Crippen LogP contribution in [-0.4, -0.2) is 48.2 Å². The molecule has 5 heteroatoms. The van der Waals surface area contributed by atoms with E-state index in [9.17, 15) is 4.79 Å². The largest absolute Gasteiger partial charge is 0.473 e. The first-order valence-electron chi connectivity index (χ1n) is 7.19. The Hall–Kier alpha value is -1.62. The summed E-state index contributed by atoms with van der Waals surface area (Å²) in [6.07, 6.45) is 3.26. The second kappa shape index (κ2) is 7.98. The van der Waals surface area contributed by atoms with Crippen molar-refractivity contribution >= 4 is 6.47 Å². The molecule has 0 spiro atoms. The zero-order valence-corrected chi connectivity index (χ0v) is 13.6. The monoisotopic (exact) mass is 294 g/mol. The summed E-state index contributed by atoms with van der Waals surface area (Å²) in [5.74, 6) is 0.746. The first-order chi connectivity index (χ1) is 9.80. The molecule has 0 unspecified atom stereocenters. The number of hydrogen-bond donors (Lipinski definition) is 0. The number of rotatable bonds is 3. The number of ether oxygens (including phenoxy) is 2. The van der Waals surface area contributed by atoms with E-state index in [0.717, 1.165) is 25.4 Å². The highest BCUT2D eigenvalue weighted by atomic mass is 16.5. The van der Waals surface area contributed by atoms with Gasteiger partial charge in [0.1, 0.15) is 11.7 Å². The van der Waals surface area contributed by atoms with Crippen molar-refractivity contribution in [3.8, 4) is 5.88 Å². The number of likely N-dealkylation sites (N-methyl/N-ethyl adjacent to an activating group) is 1. The molecule has 118 valence electrons. The summed E-state index contributed by atoms with van der Waals surface area (Å²) in [7, 11) is 2.12. The lowest BCUT2D eigenvalue weighted by Crippen LogP contribution is -2.21. The standard InChI is InChI=1S/C11H16N2O.C5H10O2/c1-9-3-4-11(12-7-9)14-10-5-6-13(2)8-10;1-5(2,3)7-4-6/h3-4,7,10H,5-6,8H2,1-2H3;4H,1-3H3/t10-;/m0./s1. The number of carbonyl (C=O) groups is 1. The maximum atomic E-state index is 9.60. The van der Waals surface area contributed by atoms with Crippen LogP contribution in [0.5, 0.6) is 5.88 Å². The van der Waals surface area contributed by atoms with Gasteiger partial charge in [0.05, 0.1) is 0 Å². The molecule has 21 heavy (non-hydrogen) atoms. The van der Waals surface area contributed by atoms with Crippen molar-refractivity contribution in [2.24, 2.45) is 0 Å². The van der Waals surface area contributed by atoms with Crippen molar-refractivity contribution in [3.63, 3.8) is 0 Å². The highest BCUT2D eigenvalue weighted by Gasteiger charge is 2.20. The molecule has 0 amide bonds. The molecule has 0 aromatic carbocycles. The summed E-state index contributed by atoms with van der Waals surface area (Å²) in [4.78, 5) is 16.1. The lowest BCUT2D eigenvalue weighted by Gasteiger charge is -2.14. The number of carbonyl (C=O) groups excluding carboxylic acids is 1. The van der Waals surface area contributed by atoms with E-state index in [-0.39, 0.29) is 5.60 Å². The average molecular weight is 294 g/mol. The van der Waals surface area contributed by atoms with Crippen molar-refractivity contribution in [1.29, 1.82) is 0 Å². The number of aryl methyl sites for hydroxylation is 1. The molecule has 1 aromatic heterocycles. The van der Waals surface area contributed by atoms with Crippen LogP contribution in [0.25, 0.3) is 0 Å². The minimum atomic E-state index is -0.318. The molecular formula is C16H26N2O3. The van der Waals surface area contributed by atoms with E-state index in [1.54, 1.807) is 0 Å². The molecule has 1 aromatic rings. The SMILES string of the molecule is CC(C)(C)OC=O.Cc1ccc(O[C@H]2CCN(C)C2)nc1. The van der Waals surface area contributed by atoms with Gasteiger partial charge in [-0.1, -0.05) is 6.07 Å². The third kappa shape index (κ3) is 7.66. The van der Waals surface area contributed by atoms with E-state index in [4.69, 9.17) is 4.74 Å². The fourth-order valence-electron chi connectivity index (χ4n) is 1.83. The molecule has 1 aliphatic heterocycles. The molecule has 0 bridgehead atoms. The van der Waals surface area contributed by atoms with Crippen molar-refractivity contribution in [2.45, 2.75) is 45.8 Å². The normalized spacial score (nSPS) is 18.6. The first kappa shape index (κ1) is 17.4. The van der Waals surface area contributed by atoms with E-state index in [2.05, 4.69) is 21.7 Å². The molecule has 0 radical (unpaired) electrons. The van der Waals surface area contributed by atoms with Gasteiger partial charge < -0.3 is 14.4 Å². The van der Waals surface area contributed by atoms with Crippen molar-refractivity contribution in [2.75, 3.05) is 20.1 Å². The Labute approximate surface area is 127 Å². The van der Waals surface area contributed by atoms with Gasteiger partial charge in [0.25, 0.3) is 6.47 Å². The fraction of sp³-hybridized carbons (Fsp3) is 0.625. The predicted octanol–water partition coefficient (Wildman–Crippen LogP) is 2.43. The van der Waals surface area contributed by atoms with Crippen molar-refractivity contribution < 1.29 is 14.3 Å². The van der Waals surface area contributed by atoms with Gasteiger partial charge in [0, 0.05) is 25.4 Å². The van der Waals surface area contributed by atoms with Crippen LogP contribution in [0, 0.1) is 6.92 Å². The van der Waals surface area contributed by atoms with Crippen LogP contribution in [0.4, 0.5) is 0 Å². The average Bonchev–Trinajstić information content (AvgIpc) is 2.77. The fourth-order valence-corrected chi connectivity index (χ4v) is 1.83. The summed E-state index contributed by atoms with van der Waals surface area (Å²) in [6, 6.07) is 3.97. The molecule has 0 N–H and O–H groups in total. The third-order valence-corrected chi connectivity index (χ3v) is 2.92. The molecular weight excluding hydrogens is 268 g/mol. The van der Waals surface area contributed by atoms with E-state index in [1.807, 2.05) is 46.0 Å². The van der Waals surface area contributed by atoms with Gasteiger partial charge in [0.2, 0.25) is 5.88 Å². The van der Waals surface area contributed by atoms with E-state index < -0.39 is 0 Å². The van der Waals surface area contributed by atoms with Crippen LogP contribution >= 0.6 is 0 Å². The van der Waals surface area contributed by atoms with Gasteiger partial charge in [0.15, 0.2) is 0 Å². The predicted molar refractivity (Wildman–Crippen MR) is 82.4 cm³/mol. The summed E-state index contributed by atoms with van der Waals surface area (Å²) in [6.45, 7) is 10.1. The molecule has 1 atom stereocenters. The van der Waals surface area contributed by atoms with Gasteiger partial charge in [-0.15, -0.1) is 0 Å². The quantitative estimate of drug-likeness (QED) is 0.801. The molecule has 1 fully saturated rings. The van der Waals surface area contributed by atoms with E-state index in [0.29, 0.717) is 12.6 Å². The van der Waals surface area contributed by atoms with Crippen LogP contribution in [0.1, 0.15) is 32.8 Å². The van der Waals surface area contributed by atoms with Crippen molar-refractivity contribution in [3.05, 3.63) is 23.9 Å². The van der Waals surface area contributed by atoms with Crippen molar-refractivity contribution in [1.82, 2.24) is 9.88 Å². The highest BCUT2D eigenvalue weighted by Crippen LogP contribution is 2.15. The smallest absolute Gasteiger partial charge is 0.293 e. The van der Waals surface area contributed by atoms with E-state index in [1.165, 1.54) is 5.56 Å². The highest BCUT2D eigenvalue weighted by molar-refractivity contribution is 5.37. The Morgan fingerprint density at radius 3 is 2.48 bits per heavy atom. The maximum Gasteiger partial charge on any atom is 0.293 e. The summed E-state index contributed by atoms with van der Waals surface area (Å²) in [5, 5.41) is 0. The van der Waals surface area contributed by atoms with E-state index >= 15 is 0 Å². The Kier molecular flexibility index (Phi) is 6.62.